The third kappa shape index (κ3) is 11.0. The number of unbranched alkanes of at least 4 members (excludes halogenated alkanes) is 2. The van der Waals surface area contributed by atoms with Gasteiger partial charge in [0.2, 0.25) is 11.9 Å². The predicted molar refractivity (Wildman–Crippen MR) is 174 cm³/mol. The second kappa shape index (κ2) is 17.7. The van der Waals surface area contributed by atoms with Crippen molar-refractivity contribution < 1.29 is 45.3 Å². The van der Waals surface area contributed by atoms with Crippen LogP contribution in [-0.4, -0.2) is 97.2 Å². The van der Waals surface area contributed by atoms with Crippen molar-refractivity contribution in [2.45, 2.75) is 70.8 Å². The molecule has 1 saturated heterocycles. The minimum Gasteiger partial charge on any atom is -0.497 e. The molecule has 2 atom stereocenters. The van der Waals surface area contributed by atoms with Gasteiger partial charge in [-0.2, -0.15) is 26.3 Å². The fraction of sp³-hybridized carbons (Fsp3) is 0.559. The number of aromatic nitrogens is 2. The van der Waals surface area contributed by atoms with Gasteiger partial charge in [-0.1, -0.05) is 31.9 Å². The number of piperazine rings is 1. The Hall–Kier alpha value is -4.05. The van der Waals surface area contributed by atoms with Gasteiger partial charge in [0.1, 0.15) is 23.2 Å². The van der Waals surface area contributed by atoms with E-state index >= 15 is 0 Å². The van der Waals surface area contributed by atoms with E-state index in [1.54, 1.807) is 54.3 Å². The van der Waals surface area contributed by atoms with Crippen LogP contribution in [-0.2, 0) is 27.0 Å². The summed E-state index contributed by atoms with van der Waals surface area (Å²) in [6.07, 6.45) is -4.48. The zero-order valence-electron chi connectivity index (χ0n) is 28.4. The van der Waals surface area contributed by atoms with Gasteiger partial charge in [0.15, 0.2) is 6.23 Å². The van der Waals surface area contributed by atoms with Crippen LogP contribution < -0.4 is 15.0 Å². The van der Waals surface area contributed by atoms with Crippen LogP contribution >= 0.6 is 0 Å². The number of anilines is 1. The molecule has 2 aliphatic rings. The van der Waals surface area contributed by atoms with Gasteiger partial charge in [-0.15, -0.1) is 0 Å². The smallest absolute Gasteiger partial charge is 0.420 e. The lowest BCUT2D eigenvalue weighted by atomic mass is 10.1. The molecule has 16 heteroatoms. The Morgan fingerprint density at radius 3 is 2.28 bits per heavy atom. The molecule has 0 saturated carbocycles. The Bertz CT molecular complexity index is 1430. The molecule has 1 fully saturated rings. The van der Waals surface area contributed by atoms with Crippen LogP contribution in [0.25, 0.3) is 0 Å². The van der Waals surface area contributed by atoms with E-state index < -0.39 is 35.8 Å². The number of hydrogen-bond acceptors (Lipinski definition) is 9. The van der Waals surface area contributed by atoms with Gasteiger partial charge in [0.05, 0.1) is 12.7 Å². The largest absolute Gasteiger partial charge is 0.497 e. The molecule has 1 unspecified atom stereocenters. The Morgan fingerprint density at radius 1 is 1.00 bits per heavy atom. The first-order valence-corrected chi connectivity index (χ1v) is 16.6. The number of alkyl halides is 6. The first-order valence-electron chi connectivity index (χ1n) is 16.6. The summed E-state index contributed by atoms with van der Waals surface area (Å²) >= 11 is 0. The molecular weight excluding hydrogens is 670 g/mol. The number of benzene rings is 1. The minimum absolute atomic E-state index is 0.128. The van der Waals surface area contributed by atoms with Crippen LogP contribution in [0.2, 0.25) is 0 Å². The molecular formula is C34H44F6N6O4. The molecule has 0 spiro atoms. The number of nitrogens with zero attached hydrogens (tertiary/aromatic N) is 5. The van der Waals surface area contributed by atoms with Gasteiger partial charge >= 0.3 is 12.4 Å². The molecule has 276 valence electrons. The summed E-state index contributed by atoms with van der Waals surface area (Å²) in [4.78, 5) is 25.3. The third-order valence-corrected chi connectivity index (χ3v) is 8.24. The normalized spacial score (nSPS) is 17.7. The average Bonchev–Trinajstić information content (AvgIpc) is 3.09. The van der Waals surface area contributed by atoms with Crippen molar-refractivity contribution >= 4 is 11.9 Å². The monoisotopic (exact) mass is 714 g/mol. The van der Waals surface area contributed by atoms with Crippen LogP contribution in [0, 0.1) is 0 Å². The molecule has 50 heavy (non-hydrogen) atoms. The number of carbonyl (C=O) groups is 1. The van der Waals surface area contributed by atoms with Gasteiger partial charge in [0.25, 0.3) is 0 Å². The van der Waals surface area contributed by atoms with E-state index in [4.69, 9.17) is 14.2 Å². The van der Waals surface area contributed by atoms with Gasteiger partial charge in [-0.25, -0.2) is 9.97 Å². The summed E-state index contributed by atoms with van der Waals surface area (Å²) in [5.41, 5.74) is -1.06. The van der Waals surface area contributed by atoms with Crippen molar-refractivity contribution in [2.24, 2.45) is 0 Å². The number of allylic oxidation sites excluding steroid dienone is 1. The summed E-state index contributed by atoms with van der Waals surface area (Å²) in [5, 5.41) is 3.09. The van der Waals surface area contributed by atoms with Crippen molar-refractivity contribution in [3.05, 3.63) is 71.4 Å². The zero-order chi connectivity index (χ0) is 36.3. The number of ether oxygens (including phenoxy) is 3. The molecule has 3 heterocycles. The summed E-state index contributed by atoms with van der Waals surface area (Å²) < 4.78 is 99.2. The summed E-state index contributed by atoms with van der Waals surface area (Å²) in [7, 11) is 1.54. The van der Waals surface area contributed by atoms with Crippen LogP contribution in [0.1, 0.15) is 50.7 Å². The van der Waals surface area contributed by atoms with Crippen molar-refractivity contribution in [1.82, 2.24) is 25.1 Å². The number of nitrogens with one attached hydrogen (secondary N) is 1. The van der Waals surface area contributed by atoms with E-state index in [0.717, 1.165) is 30.8 Å². The summed E-state index contributed by atoms with van der Waals surface area (Å²) in [6, 6.07) is 7.08. The number of hydrogen-bond donors (Lipinski definition) is 1. The minimum atomic E-state index is -4.73. The molecule has 1 amide bonds. The summed E-state index contributed by atoms with van der Waals surface area (Å²) in [5.74, 6) is 0.360. The van der Waals surface area contributed by atoms with Gasteiger partial charge < -0.3 is 34.2 Å². The molecule has 4 rings (SSSR count). The van der Waals surface area contributed by atoms with E-state index in [2.05, 4.69) is 15.3 Å². The van der Waals surface area contributed by atoms with Gasteiger partial charge in [0, 0.05) is 77.4 Å². The average molecular weight is 715 g/mol. The molecule has 1 aromatic carbocycles. The predicted octanol–water partition coefficient (Wildman–Crippen LogP) is 5.92. The molecule has 2 aromatic rings. The van der Waals surface area contributed by atoms with Crippen molar-refractivity contribution in [3.63, 3.8) is 0 Å². The fourth-order valence-electron chi connectivity index (χ4n) is 5.51. The highest BCUT2D eigenvalue weighted by Gasteiger charge is 2.46. The maximum absolute atomic E-state index is 14.6. The first-order chi connectivity index (χ1) is 23.8. The fourth-order valence-corrected chi connectivity index (χ4v) is 5.51. The molecule has 1 aromatic heterocycles. The van der Waals surface area contributed by atoms with Gasteiger partial charge in [-0.05, 0) is 37.1 Å². The second-order valence-electron chi connectivity index (χ2n) is 12.1. The van der Waals surface area contributed by atoms with Gasteiger partial charge in [-0.3, -0.25) is 4.79 Å². The molecule has 0 bridgehead atoms. The highest BCUT2D eigenvalue weighted by molar-refractivity contribution is 5.76. The van der Waals surface area contributed by atoms with Crippen LogP contribution in [0.4, 0.5) is 32.3 Å². The number of halogens is 6. The SMILES string of the molecule is CCCCCOC1C(C(F)(F)F)=C(O[C@@H](C)CNCCC(=O)N2CCN(c3ncc(C(F)(F)F)cn3)CC2)C=CN1Cc1ccc(OC)cc1. The Balaban J connectivity index is 1.29. The Kier molecular flexibility index (Phi) is 13.8. The van der Waals surface area contributed by atoms with Crippen molar-refractivity contribution in [3.8, 4) is 5.75 Å². The maximum Gasteiger partial charge on any atom is 0.420 e. The molecule has 2 aliphatic heterocycles. The van der Waals surface area contributed by atoms with Crippen LogP contribution in [0.15, 0.2) is 60.3 Å². The Labute approximate surface area is 288 Å². The number of methoxy groups -OCH3 is 1. The van der Waals surface area contributed by atoms with Crippen LogP contribution in [0.3, 0.4) is 0 Å². The number of rotatable bonds is 16. The standard InChI is InChI=1S/C34H44F6N6O4/c1-4-5-6-19-49-31-30(34(38,39)40)28(12-14-46(31)23-25-7-9-27(48-3)10-8-25)50-24(2)20-41-13-11-29(47)44-15-17-45(18-16-44)32-42-21-26(22-43-32)33(35,36)37/h7-10,12,14,21-22,24,31,41H,4-6,11,13,15-20,23H2,1-3H3/t24-,31?/m0/s1. The van der Waals surface area contributed by atoms with Crippen molar-refractivity contribution in [1.29, 1.82) is 0 Å². The maximum atomic E-state index is 14.6. The zero-order valence-corrected chi connectivity index (χ0v) is 28.4. The topological polar surface area (TPSA) is 92.3 Å². The van der Waals surface area contributed by atoms with E-state index in [9.17, 15) is 31.1 Å². The first kappa shape index (κ1) is 38.7. The quantitative estimate of drug-likeness (QED) is 0.168. The third-order valence-electron chi connectivity index (χ3n) is 8.24. The second-order valence-corrected chi connectivity index (χ2v) is 12.1. The van der Waals surface area contributed by atoms with E-state index in [1.165, 1.54) is 11.0 Å². The molecule has 1 N–H and O–H groups in total. The lowest BCUT2D eigenvalue weighted by Crippen LogP contribution is -2.49. The van der Waals surface area contributed by atoms with E-state index in [-0.39, 0.29) is 50.3 Å². The Morgan fingerprint density at radius 2 is 1.68 bits per heavy atom. The van der Waals surface area contributed by atoms with E-state index in [0.29, 0.717) is 38.3 Å². The van der Waals surface area contributed by atoms with Crippen LogP contribution in [0.5, 0.6) is 5.75 Å². The number of amides is 1. The molecule has 0 radical (unpaired) electrons. The molecule has 10 nitrogen and oxygen atoms in total. The number of carbonyl (C=O) groups excluding carboxylic acids is 1. The summed E-state index contributed by atoms with van der Waals surface area (Å²) in [6.45, 7) is 5.86. The van der Waals surface area contributed by atoms with Crippen molar-refractivity contribution in [2.75, 3.05) is 57.9 Å². The van der Waals surface area contributed by atoms with E-state index in [1.807, 2.05) is 6.92 Å². The lowest BCUT2D eigenvalue weighted by Gasteiger charge is -2.37. The lowest BCUT2D eigenvalue weighted by molar-refractivity contribution is -0.138. The highest BCUT2D eigenvalue weighted by atomic mass is 19.4. The molecule has 0 aliphatic carbocycles. The highest BCUT2D eigenvalue weighted by Crippen LogP contribution is 2.38.